The molecule has 0 saturated carbocycles. The summed E-state index contributed by atoms with van der Waals surface area (Å²) in [6, 6.07) is 0. The summed E-state index contributed by atoms with van der Waals surface area (Å²) in [6.07, 6.45) is 9.48. The van der Waals surface area contributed by atoms with Gasteiger partial charge in [0.15, 0.2) is 0 Å². The Morgan fingerprint density at radius 3 is 2.60 bits per heavy atom. The Hall–Kier alpha value is -0.790. The van der Waals surface area contributed by atoms with Crippen LogP contribution in [0.4, 0.5) is 0 Å². The maximum Gasteiger partial charge on any atom is 0.308 e. The number of carbonyl (C=O) groups is 1. The Balaban J connectivity index is 3.31. The third kappa shape index (κ3) is 8.22. The van der Waals surface area contributed by atoms with Crippen molar-refractivity contribution in [1.82, 2.24) is 0 Å². The van der Waals surface area contributed by atoms with Crippen LogP contribution in [0.15, 0.2) is 12.2 Å². The fourth-order valence-electron chi connectivity index (χ4n) is 1.13. The minimum Gasteiger partial charge on any atom is -0.465 e. The van der Waals surface area contributed by atoms with Crippen molar-refractivity contribution < 1.29 is 9.53 Å². The van der Waals surface area contributed by atoms with Crippen LogP contribution in [0.25, 0.3) is 0 Å². The molecule has 2 heteroatoms. The first kappa shape index (κ1) is 14.2. The lowest BCUT2D eigenvalue weighted by Gasteiger charge is -2.08. The lowest BCUT2D eigenvalue weighted by Crippen LogP contribution is -2.14. The molecule has 0 aromatic heterocycles. The molecule has 0 aliphatic heterocycles. The van der Waals surface area contributed by atoms with Gasteiger partial charge in [0, 0.05) is 0 Å². The topological polar surface area (TPSA) is 26.3 Å². The van der Waals surface area contributed by atoms with Gasteiger partial charge in [0.1, 0.15) is 0 Å². The van der Waals surface area contributed by atoms with Crippen LogP contribution in [0, 0.1) is 5.92 Å². The first-order valence-corrected chi connectivity index (χ1v) is 6.04. The number of ether oxygens (including phenoxy) is 1. The molecule has 0 aromatic rings. The number of hydrogen-bond donors (Lipinski definition) is 0. The van der Waals surface area contributed by atoms with Gasteiger partial charge in [-0.3, -0.25) is 4.79 Å². The van der Waals surface area contributed by atoms with Gasteiger partial charge in [-0.2, -0.15) is 0 Å². The van der Waals surface area contributed by atoms with Crippen LogP contribution < -0.4 is 0 Å². The molecule has 15 heavy (non-hydrogen) atoms. The van der Waals surface area contributed by atoms with Crippen LogP contribution in [0.1, 0.15) is 52.9 Å². The van der Waals surface area contributed by atoms with Crippen molar-refractivity contribution in [3.63, 3.8) is 0 Å². The normalized spacial score (nSPS) is 13.0. The first-order valence-electron chi connectivity index (χ1n) is 6.04. The van der Waals surface area contributed by atoms with Gasteiger partial charge in [-0.1, -0.05) is 32.9 Å². The summed E-state index contributed by atoms with van der Waals surface area (Å²) in [6.45, 7) is 6.61. The smallest absolute Gasteiger partial charge is 0.308 e. The van der Waals surface area contributed by atoms with E-state index in [-0.39, 0.29) is 11.9 Å². The third-order valence-electron chi connectivity index (χ3n) is 2.43. The van der Waals surface area contributed by atoms with E-state index < -0.39 is 0 Å². The lowest BCUT2D eigenvalue weighted by atomic mass is 10.1. The van der Waals surface area contributed by atoms with Crippen LogP contribution in [0.5, 0.6) is 0 Å². The molecule has 0 spiro atoms. The van der Waals surface area contributed by atoms with Crippen molar-refractivity contribution in [3.05, 3.63) is 12.2 Å². The van der Waals surface area contributed by atoms with Crippen molar-refractivity contribution in [1.29, 1.82) is 0 Å². The van der Waals surface area contributed by atoms with Gasteiger partial charge in [0.05, 0.1) is 12.5 Å². The summed E-state index contributed by atoms with van der Waals surface area (Å²) < 4.78 is 5.14. The van der Waals surface area contributed by atoms with Gasteiger partial charge >= 0.3 is 5.97 Å². The summed E-state index contributed by atoms with van der Waals surface area (Å²) >= 11 is 0. The molecule has 0 bridgehead atoms. The Bertz CT molecular complexity index is 185. The van der Waals surface area contributed by atoms with Gasteiger partial charge in [0.2, 0.25) is 0 Å². The highest BCUT2D eigenvalue weighted by molar-refractivity contribution is 5.71. The molecule has 0 heterocycles. The monoisotopic (exact) mass is 212 g/mol. The maximum atomic E-state index is 11.3. The second kappa shape index (κ2) is 9.75. The molecular weight excluding hydrogens is 188 g/mol. The fraction of sp³-hybridized carbons (Fsp3) is 0.769. The van der Waals surface area contributed by atoms with E-state index in [1.807, 2.05) is 13.8 Å². The van der Waals surface area contributed by atoms with E-state index in [0.29, 0.717) is 6.61 Å². The van der Waals surface area contributed by atoms with E-state index in [2.05, 4.69) is 19.1 Å². The molecule has 0 rings (SSSR count). The molecule has 2 nitrogen and oxygen atoms in total. The predicted octanol–water partition coefficient (Wildman–Crippen LogP) is 3.71. The average Bonchev–Trinajstić information content (AvgIpc) is 2.26. The van der Waals surface area contributed by atoms with Crippen molar-refractivity contribution >= 4 is 5.97 Å². The van der Waals surface area contributed by atoms with E-state index in [1.54, 1.807) is 0 Å². The van der Waals surface area contributed by atoms with Gasteiger partial charge in [-0.25, -0.2) is 0 Å². The van der Waals surface area contributed by atoms with Gasteiger partial charge in [-0.05, 0) is 32.1 Å². The Kier molecular flexibility index (Phi) is 9.24. The van der Waals surface area contributed by atoms with Crippen molar-refractivity contribution in [2.45, 2.75) is 52.9 Å². The third-order valence-corrected chi connectivity index (χ3v) is 2.43. The van der Waals surface area contributed by atoms with Crippen LogP contribution in [0.3, 0.4) is 0 Å². The Morgan fingerprint density at radius 2 is 2.00 bits per heavy atom. The lowest BCUT2D eigenvalue weighted by molar-refractivity contribution is -0.148. The summed E-state index contributed by atoms with van der Waals surface area (Å²) in [4.78, 5) is 11.3. The predicted molar refractivity (Wildman–Crippen MR) is 63.7 cm³/mol. The van der Waals surface area contributed by atoms with Crippen LogP contribution in [-0.2, 0) is 9.53 Å². The zero-order valence-electron chi connectivity index (χ0n) is 10.3. The number of allylic oxidation sites excluding steroid dienone is 2. The largest absolute Gasteiger partial charge is 0.465 e. The summed E-state index contributed by atoms with van der Waals surface area (Å²) in [5, 5.41) is 0. The van der Waals surface area contributed by atoms with E-state index in [9.17, 15) is 4.79 Å². The van der Waals surface area contributed by atoms with Crippen LogP contribution in [-0.4, -0.2) is 12.6 Å². The summed E-state index contributed by atoms with van der Waals surface area (Å²) in [7, 11) is 0. The molecule has 0 aliphatic carbocycles. The van der Waals surface area contributed by atoms with Gasteiger partial charge in [0.25, 0.3) is 0 Å². The first-order chi connectivity index (χ1) is 7.22. The zero-order valence-corrected chi connectivity index (χ0v) is 10.3. The quantitative estimate of drug-likeness (QED) is 0.348. The minimum absolute atomic E-state index is 0.0463. The molecular formula is C13H24O2. The van der Waals surface area contributed by atoms with Crippen molar-refractivity contribution in [2.24, 2.45) is 5.92 Å². The Labute approximate surface area is 93.7 Å². The van der Waals surface area contributed by atoms with Crippen LogP contribution in [0.2, 0.25) is 0 Å². The van der Waals surface area contributed by atoms with Gasteiger partial charge in [-0.15, -0.1) is 0 Å². The highest BCUT2D eigenvalue weighted by Crippen LogP contribution is 2.04. The standard InChI is InChI=1S/C13H24O2/c1-4-6-7-8-9-10-11-15-13(14)12(3)5-2/h6-7,12H,4-5,8-11H2,1-3H3/b7-6-. The van der Waals surface area contributed by atoms with E-state index in [4.69, 9.17) is 4.74 Å². The zero-order chi connectivity index (χ0) is 11.5. The molecule has 1 atom stereocenters. The second-order valence-corrected chi connectivity index (χ2v) is 3.85. The van der Waals surface area contributed by atoms with Crippen molar-refractivity contribution in [2.75, 3.05) is 6.61 Å². The number of esters is 1. The molecule has 0 N–H and O–H groups in total. The fourth-order valence-corrected chi connectivity index (χ4v) is 1.13. The van der Waals surface area contributed by atoms with Gasteiger partial charge < -0.3 is 4.74 Å². The van der Waals surface area contributed by atoms with Crippen molar-refractivity contribution in [3.8, 4) is 0 Å². The Morgan fingerprint density at radius 1 is 1.27 bits per heavy atom. The van der Waals surface area contributed by atoms with E-state index in [0.717, 1.165) is 32.1 Å². The number of carbonyl (C=O) groups excluding carboxylic acids is 1. The average molecular weight is 212 g/mol. The highest BCUT2D eigenvalue weighted by atomic mass is 16.5. The minimum atomic E-state index is -0.0541. The molecule has 0 aromatic carbocycles. The summed E-state index contributed by atoms with van der Waals surface area (Å²) in [5.74, 6) is -0.00779. The highest BCUT2D eigenvalue weighted by Gasteiger charge is 2.10. The van der Waals surface area contributed by atoms with E-state index >= 15 is 0 Å². The molecule has 0 radical (unpaired) electrons. The molecule has 0 fully saturated rings. The number of unbranched alkanes of at least 4 members (excludes halogenated alkanes) is 2. The number of rotatable bonds is 8. The van der Waals surface area contributed by atoms with E-state index in [1.165, 1.54) is 0 Å². The number of hydrogen-bond acceptors (Lipinski definition) is 2. The van der Waals surface area contributed by atoms with Crippen LogP contribution >= 0.6 is 0 Å². The maximum absolute atomic E-state index is 11.3. The molecule has 1 unspecified atom stereocenters. The SMILES string of the molecule is CC/C=C\CCCCOC(=O)C(C)CC. The molecule has 0 saturated heterocycles. The summed E-state index contributed by atoms with van der Waals surface area (Å²) in [5.41, 5.74) is 0. The molecule has 88 valence electrons. The molecule has 0 amide bonds. The second-order valence-electron chi connectivity index (χ2n) is 3.85. The molecule has 0 aliphatic rings.